The van der Waals surface area contributed by atoms with Gasteiger partial charge in [0.25, 0.3) is 0 Å². The summed E-state index contributed by atoms with van der Waals surface area (Å²) in [6.45, 7) is 8.49. The molecular formula is C16H22N2S. The molecule has 19 heavy (non-hydrogen) atoms. The Kier molecular flexibility index (Phi) is 4.97. The summed E-state index contributed by atoms with van der Waals surface area (Å²) >= 11 is 1.76. The predicted molar refractivity (Wildman–Crippen MR) is 85.1 cm³/mol. The van der Waals surface area contributed by atoms with Gasteiger partial charge in [-0.05, 0) is 31.9 Å². The molecule has 1 aliphatic heterocycles. The van der Waals surface area contributed by atoms with Crippen molar-refractivity contribution in [2.24, 2.45) is 0 Å². The molecule has 1 aromatic heterocycles. The van der Waals surface area contributed by atoms with Crippen molar-refractivity contribution in [3.63, 3.8) is 0 Å². The molecule has 0 radical (unpaired) electrons. The molecule has 2 nitrogen and oxygen atoms in total. The fourth-order valence-electron chi connectivity index (χ4n) is 2.30. The van der Waals surface area contributed by atoms with Gasteiger partial charge in [-0.25, -0.2) is 4.98 Å². The topological polar surface area (TPSA) is 16.1 Å². The van der Waals surface area contributed by atoms with Crippen LogP contribution in [0, 0.1) is 6.92 Å². The van der Waals surface area contributed by atoms with Gasteiger partial charge in [-0.15, -0.1) is 11.3 Å². The van der Waals surface area contributed by atoms with Crippen molar-refractivity contribution >= 4 is 17.0 Å². The number of nitrogens with zero attached hydrogens (tertiary/aromatic N) is 2. The van der Waals surface area contributed by atoms with E-state index in [9.17, 15) is 0 Å². The second-order valence-corrected chi connectivity index (χ2v) is 5.76. The Bertz CT molecular complexity index is 513. The van der Waals surface area contributed by atoms with E-state index in [1.54, 1.807) is 11.3 Å². The maximum atomic E-state index is 4.45. The number of benzene rings is 1. The smallest absolute Gasteiger partial charge is 0.123 e. The van der Waals surface area contributed by atoms with E-state index in [2.05, 4.69) is 41.1 Å². The number of hydrogen-bond donors (Lipinski definition) is 0. The zero-order valence-electron chi connectivity index (χ0n) is 12.0. The lowest BCUT2D eigenvalue weighted by Crippen LogP contribution is -2.17. The van der Waals surface area contributed by atoms with Gasteiger partial charge in [0, 0.05) is 35.4 Å². The van der Waals surface area contributed by atoms with Gasteiger partial charge in [0.15, 0.2) is 0 Å². The lowest BCUT2D eigenvalue weighted by molar-refractivity contribution is 0.949. The van der Waals surface area contributed by atoms with E-state index in [0.29, 0.717) is 0 Å². The van der Waals surface area contributed by atoms with Crippen molar-refractivity contribution in [2.45, 2.75) is 33.6 Å². The van der Waals surface area contributed by atoms with Crippen LogP contribution in [0.4, 0.5) is 5.69 Å². The van der Waals surface area contributed by atoms with Gasteiger partial charge < -0.3 is 4.90 Å². The predicted octanol–water partition coefficient (Wildman–Crippen LogP) is 4.74. The number of rotatable bonds is 2. The summed E-state index contributed by atoms with van der Waals surface area (Å²) in [4.78, 5) is 8.19. The Labute approximate surface area is 120 Å². The molecule has 1 fully saturated rings. The summed E-state index contributed by atoms with van der Waals surface area (Å²) in [5, 5.41) is 1.13. The Balaban J connectivity index is 0.000000637. The average Bonchev–Trinajstić information content (AvgIpc) is 3.12. The highest BCUT2D eigenvalue weighted by molar-refractivity contribution is 7.14. The lowest BCUT2D eigenvalue weighted by Gasteiger charge is -2.17. The molecule has 1 aliphatic rings. The van der Waals surface area contributed by atoms with Gasteiger partial charge in [0.2, 0.25) is 0 Å². The molecule has 0 amide bonds. The van der Waals surface area contributed by atoms with Crippen molar-refractivity contribution in [1.29, 1.82) is 0 Å². The van der Waals surface area contributed by atoms with Crippen molar-refractivity contribution in [1.82, 2.24) is 4.98 Å². The molecule has 0 unspecified atom stereocenters. The lowest BCUT2D eigenvalue weighted by atomic mass is 10.2. The second kappa shape index (κ2) is 6.71. The number of aromatic nitrogens is 1. The first-order valence-electron chi connectivity index (χ1n) is 7.11. The minimum absolute atomic E-state index is 1.13. The van der Waals surface area contributed by atoms with Crippen molar-refractivity contribution in [2.75, 3.05) is 18.0 Å². The number of thiazole rings is 1. The summed E-state index contributed by atoms with van der Waals surface area (Å²) in [5.41, 5.74) is 2.58. The van der Waals surface area contributed by atoms with Crippen molar-refractivity contribution < 1.29 is 0 Å². The molecular weight excluding hydrogens is 252 g/mol. The number of anilines is 1. The summed E-state index contributed by atoms with van der Waals surface area (Å²) < 4.78 is 0. The van der Waals surface area contributed by atoms with E-state index in [-0.39, 0.29) is 0 Å². The minimum atomic E-state index is 1.13. The number of aryl methyl sites for hydroxylation is 1. The van der Waals surface area contributed by atoms with Crippen LogP contribution in [0.5, 0.6) is 0 Å². The summed E-state index contributed by atoms with van der Waals surface area (Å²) in [7, 11) is 0. The summed E-state index contributed by atoms with van der Waals surface area (Å²) in [6, 6.07) is 8.76. The quantitative estimate of drug-likeness (QED) is 0.786. The fourth-order valence-corrected chi connectivity index (χ4v) is 3.06. The van der Waals surface area contributed by atoms with Crippen LogP contribution >= 0.6 is 11.3 Å². The van der Waals surface area contributed by atoms with Crippen LogP contribution in [0.3, 0.4) is 0 Å². The molecule has 0 atom stereocenters. The molecule has 3 rings (SSSR count). The minimum Gasteiger partial charge on any atom is -0.372 e. The van der Waals surface area contributed by atoms with Gasteiger partial charge in [-0.2, -0.15) is 0 Å². The first-order valence-corrected chi connectivity index (χ1v) is 7.92. The van der Waals surface area contributed by atoms with Crippen LogP contribution in [-0.4, -0.2) is 18.1 Å². The third-order valence-corrected chi connectivity index (χ3v) is 4.15. The van der Waals surface area contributed by atoms with Crippen molar-refractivity contribution in [3.8, 4) is 10.6 Å². The molecule has 102 valence electrons. The first-order chi connectivity index (χ1) is 9.33. The van der Waals surface area contributed by atoms with E-state index in [1.165, 1.54) is 42.1 Å². The van der Waals surface area contributed by atoms with E-state index in [0.717, 1.165) is 5.01 Å². The maximum absolute atomic E-state index is 4.45. The Morgan fingerprint density at radius 3 is 2.53 bits per heavy atom. The zero-order valence-corrected chi connectivity index (χ0v) is 12.8. The number of hydrogen-bond acceptors (Lipinski definition) is 3. The SMILES string of the molecule is CC.Cc1cnc(-c2cccc(N3CCCC3)c2)s1. The first kappa shape index (κ1) is 14.1. The second-order valence-electron chi connectivity index (χ2n) is 4.52. The highest BCUT2D eigenvalue weighted by atomic mass is 32.1. The molecule has 0 saturated carbocycles. The molecule has 0 aliphatic carbocycles. The summed E-state index contributed by atoms with van der Waals surface area (Å²) in [6.07, 6.45) is 4.59. The third-order valence-electron chi connectivity index (χ3n) is 3.19. The molecule has 2 aromatic rings. The maximum Gasteiger partial charge on any atom is 0.123 e. The van der Waals surface area contributed by atoms with Crippen molar-refractivity contribution in [3.05, 3.63) is 35.3 Å². The van der Waals surface area contributed by atoms with E-state index >= 15 is 0 Å². The highest BCUT2D eigenvalue weighted by Crippen LogP contribution is 2.29. The van der Waals surface area contributed by atoms with Gasteiger partial charge in [0.1, 0.15) is 5.01 Å². The largest absolute Gasteiger partial charge is 0.372 e. The highest BCUT2D eigenvalue weighted by Gasteiger charge is 2.13. The van der Waals surface area contributed by atoms with E-state index < -0.39 is 0 Å². The Morgan fingerprint density at radius 2 is 1.89 bits per heavy atom. The van der Waals surface area contributed by atoms with E-state index in [4.69, 9.17) is 0 Å². The molecule has 1 aromatic carbocycles. The summed E-state index contributed by atoms with van der Waals surface area (Å²) in [5.74, 6) is 0. The van der Waals surface area contributed by atoms with Crippen LogP contribution in [0.25, 0.3) is 10.6 Å². The average molecular weight is 274 g/mol. The van der Waals surface area contributed by atoms with Crippen LogP contribution in [0.2, 0.25) is 0 Å². The molecule has 2 heterocycles. The fraction of sp³-hybridized carbons (Fsp3) is 0.438. The molecule has 0 N–H and O–H groups in total. The van der Waals surface area contributed by atoms with Gasteiger partial charge >= 0.3 is 0 Å². The molecule has 0 spiro atoms. The Hall–Kier alpha value is -1.35. The van der Waals surface area contributed by atoms with Gasteiger partial charge in [0.05, 0.1) is 0 Å². The molecule has 1 saturated heterocycles. The monoisotopic (exact) mass is 274 g/mol. The van der Waals surface area contributed by atoms with Crippen LogP contribution in [0.1, 0.15) is 31.6 Å². The van der Waals surface area contributed by atoms with E-state index in [1.807, 2.05) is 20.0 Å². The molecule has 0 bridgehead atoms. The van der Waals surface area contributed by atoms with Gasteiger partial charge in [-0.1, -0.05) is 26.0 Å². The van der Waals surface area contributed by atoms with Crippen LogP contribution in [0.15, 0.2) is 30.5 Å². The molecule has 3 heteroatoms. The normalized spacial score (nSPS) is 14.2. The van der Waals surface area contributed by atoms with Crippen LogP contribution in [-0.2, 0) is 0 Å². The Morgan fingerprint density at radius 1 is 1.16 bits per heavy atom. The van der Waals surface area contributed by atoms with Crippen LogP contribution < -0.4 is 4.90 Å². The third kappa shape index (κ3) is 3.35. The van der Waals surface area contributed by atoms with Gasteiger partial charge in [-0.3, -0.25) is 0 Å². The zero-order chi connectivity index (χ0) is 13.7. The standard InChI is InChI=1S/C14H16N2S.C2H6/c1-11-10-15-14(17-11)12-5-4-6-13(9-12)16-7-2-3-8-16;1-2/h4-6,9-10H,2-3,7-8H2,1H3;1-2H3.